The second-order valence-corrected chi connectivity index (χ2v) is 5.48. The summed E-state index contributed by atoms with van der Waals surface area (Å²) >= 11 is 3.49. The minimum absolute atomic E-state index is 0.597. The fraction of sp³-hybridized carbons (Fsp3) is 0.250. The van der Waals surface area contributed by atoms with Crippen molar-refractivity contribution in [3.05, 3.63) is 63.6 Å². The Morgan fingerprint density at radius 3 is 2.74 bits per heavy atom. The minimum atomic E-state index is 0.597. The van der Waals surface area contributed by atoms with Crippen LogP contribution in [-0.4, -0.2) is 7.05 Å². The molecule has 0 fully saturated rings. The lowest BCUT2D eigenvalue weighted by Crippen LogP contribution is -2.07. The van der Waals surface area contributed by atoms with E-state index in [4.69, 9.17) is 4.74 Å². The molecular weight excluding hydrogens is 302 g/mol. The van der Waals surface area contributed by atoms with Crippen LogP contribution in [0.3, 0.4) is 0 Å². The van der Waals surface area contributed by atoms with Gasteiger partial charge in [0.2, 0.25) is 0 Å². The van der Waals surface area contributed by atoms with Gasteiger partial charge in [0, 0.05) is 16.6 Å². The minimum Gasteiger partial charge on any atom is -0.489 e. The smallest absolute Gasteiger partial charge is 0.124 e. The largest absolute Gasteiger partial charge is 0.489 e. The van der Waals surface area contributed by atoms with Crippen molar-refractivity contribution in [1.29, 1.82) is 0 Å². The van der Waals surface area contributed by atoms with E-state index in [1.165, 1.54) is 11.1 Å². The molecule has 0 saturated heterocycles. The van der Waals surface area contributed by atoms with Crippen molar-refractivity contribution >= 4 is 15.9 Å². The summed E-state index contributed by atoms with van der Waals surface area (Å²) in [6.07, 6.45) is 0. The van der Waals surface area contributed by atoms with Gasteiger partial charge >= 0.3 is 0 Å². The first-order valence-corrected chi connectivity index (χ1v) is 7.09. The Bertz CT molecular complexity index is 554. The van der Waals surface area contributed by atoms with E-state index in [0.717, 1.165) is 22.3 Å². The van der Waals surface area contributed by atoms with Crippen molar-refractivity contribution in [2.24, 2.45) is 0 Å². The Labute approximate surface area is 122 Å². The second-order valence-electron chi connectivity index (χ2n) is 4.56. The third kappa shape index (κ3) is 4.08. The first-order chi connectivity index (χ1) is 9.19. The molecule has 19 heavy (non-hydrogen) atoms. The standard InChI is InChI=1S/C16H18BrNO/c1-12-4-3-5-13(8-12)11-19-16-7-6-15(17)9-14(16)10-18-2/h3-9,18H,10-11H2,1-2H3. The van der Waals surface area contributed by atoms with Gasteiger partial charge in [0.05, 0.1) is 0 Å². The Balaban J connectivity index is 2.10. The molecule has 0 saturated carbocycles. The summed E-state index contributed by atoms with van der Waals surface area (Å²) in [7, 11) is 1.94. The molecule has 0 aliphatic heterocycles. The molecule has 0 amide bonds. The monoisotopic (exact) mass is 319 g/mol. The van der Waals surface area contributed by atoms with Gasteiger partial charge in [-0.15, -0.1) is 0 Å². The predicted molar refractivity (Wildman–Crippen MR) is 82.4 cm³/mol. The third-order valence-electron chi connectivity index (χ3n) is 2.87. The van der Waals surface area contributed by atoms with Crippen molar-refractivity contribution in [1.82, 2.24) is 5.32 Å². The van der Waals surface area contributed by atoms with Crippen molar-refractivity contribution in [2.75, 3.05) is 7.05 Å². The fourth-order valence-electron chi connectivity index (χ4n) is 1.98. The van der Waals surface area contributed by atoms with Crippen LogP contribution in [0.1, 0.15) is 16.7 Å². The Kier molecular flexibility index (Phi) is 5.00. The van der Waals surface area contributed by atoms with Gasteiger partial charge in [-0.25, -0.2) is 0 Å². The summed E-state index contributed by atoms with van der Waals surface area (Å²) in [5.74, 6) is 0.930. The number of hydrogen-bond acceptors (Lipinski definition) is 2. The van der Waals surface area contributed by atoms with Gasteiger partial charge in [-0.1, -0.05) is 45.8 Å². The highest BCUT2D eigenvalue weighted by Crippen LogP contribution is 2.24. The highest BCUT2D eigenvalue weighted by Gasteiger charge is 2.04. The van der Waals surface area contributed by atoms with Crippen molar-refractivity contribution < 1.29 is 4.74 Å². The van der Waals surface area contributed by atoms with E-state index in [1.54, 1.807) is 0 Å². The van der Waals surface area contributed by atoms with Crippen LogP contribution in [0.15, 0.2) is 46.9 Å². The van der Waals surface area contributed by atoms with E-state index in [-0.39, 0.29) is 0 Å². The number of aryl methyl sites for hydroxylation is 1. The zero-order valence-corrected chi connectivity index (χ0v) is 12.8. The molecule has 0 atom stereocenters. The molecule has 0 aliphatic rings. The lowest BCUT2D eigenvalue weighted by atomic mass is 10.1. The third-order valence-corrected chi connectivity index (χ3v) is 3.36. The van der Waals surface area contributed by atoms with Gasteiger partial charge < -0.3 is 10.1 Å². The molecule has 0 spiro atoms. The van der Waals surface area contributed by atoms with Crippen molar-refractivity contribution in [2.45, 2.75) is 20.1 Å². The Morgan fingerprint density at radius 2 is 2.00 bits per heavy atom. The number of rotatable bonds is 5. The number of benzene rings is 2. The molecule has 3 heteroatoms. The van der Waals surface area contributed by atoms with Gasteiger partial charge in [-0.3, -0.25) is 0 Å². The van der Waals surface area contributed by atoms with Gasteiger partial charge in [0.1, 0.15) is 12.4 Å². The van der Waals surface area contributed by atoms with E-state index in [2.05, 4.69) is 58.5 Å². The molecule has 0 heterocycles. The maximum absolute atomic E-state index is 5.92. The van der Waals surface area contributed by atoms with E-state index in [1.807, 2.05) is 19.2 Å². The number of hydrogen-bond donors (Lipinski definition) is 1. The first-order valence-electron chi connectivity index (χ1n) is 6.30. The predicted octanol–water partition coefficient (Wildman–Crippen LogP) is 4.06. The van der Waals surface area contributed by atoms with E-state index in [0.29, 0.717) is 6.61 Å². The molecule has 100 valence electrons. The molecule has 0 radical (unpaired) electrons. The van der Waals surface area contributed by atoms with Crippen molar-refractivity contribution in [3.8, 4) is 5.75 Å². The van der Waals surface area contributed by atoms with Gasteiger partial charge in [-0.05, 0) is 37.7 Å². The second kappa shape index (κ2) is 6.73. The highest BCUT2D eigenvalue weighted by molar-refractivity contribution is 9.10. The van der Waals surface area contributed by atoms with Crippen LogP contribution in [-0.2, 0) is 13.2 Å². The molecule has 2 aromatic carbocycles. The van der Waals surface area contributed by atoms with Crippen LogP contribution in [0.4, 0.5) is 0 Å². The Morgan fingerprint density at radius 1 is 1.16 bits per heavy atom. The van der Waals surface area contributed by atoms with Crippen LogP contribution in [0.25, 0.3) is 0 Å². The zero-order valence-electron chi connectivity index (χ0n) is 11.2. The number of ether oxygens (including phenoxy) is 1. The van der Waals surface area contributed by atoms with Crippen LogP contribution < -0.4 is 10.1 Å². The average molecular weight is 320 g/mol. The normalized spacial score (nSPS) is 10.5. The molecule has 1 N–H and O–H groups in total. The van der Waals surface area contributed by atoms with Crippen LogP contribution in [0, 0.1) is 6.92 Å². The molecule has 0 bridgehead atoms. The maximum Gasteiger partial charge on any atom is 0.124 e. The summed E-state index contributed by atoms with van der Waals surface area (Å²) in [5, 5.41) is 3.16. The van der Waals surface area contributed by atoms with E-state index >= 15 is 0 Å². The summed E-state index contributed by atoms with van der Waals surface area (Å²) in [5.41, 5.74) is 3.61. The maximum atomic E-state index is 5.92. The first kappa shape index (κ1) is 14.1. The summed E-state index contributed by atoms with van der Waals surface area (Å²) < 4.78 is 6.99. The molecule has 2 aromatic rings. The SMILES string of the molecule is CNCc1cc(Br)ccc1OCc1cccc(C)c1. The molecule has 0 unspecified atom stereocenters. The van der Waals surface area contributed by atoms with E-state index < -0.39 is 0 Å². The lowest BCUT2D eigenvalue weighted by molar-refractivity contribution is 0.302. The molecule has 0 aromatic heterocycles. The van der Waals surface area contributed by atoms with Crippen LogP contribution >= 0.6 is 15.9 Å². The highest BCUT2D eigenvalue weighted by atomic mass is 79.9. The van der Waals surface area contributed by atoms with Crippen LogP contribution in [0.2, 0.25) is 0 Å². The quantitative estimate of drug-likeness (QED) is 0.897. The van der Waals surface area contributed by atoms with Gasteiger partial charge in [0.25, 0.3) is 0 Å². The van der Waals surface area contributed by atoms with Crippen LogP contribution in [0.5, 0.6) is 5.75 Å². The molecule has 0 aliphatic carbocycles. The average Bonchev–Trinajstić information content (AvgIpc) is 2.38. The summed E-state index contributed by atoms with van der Waals surface area (Å²) in [6, 6.07) is 14.5. The van der Waals surface area contributed by atoms with E-state index in [9.17, 15) is 0 Å². The summed E-state index contributed by atoms with van der Waals surface area (Å²) in [4.78, 5) is 0. The summed E-state index contributed by atoms with van der Waals surface area (Å²) in [6.45, 7) is 3.48. The molecule has 2 nitrogen and oxygen atoms in total. The Hall–Kier alpha value is -1.32. The zero-order chi connectivity index (χ0) is 13.7. The number of halogens is 1. The topological polar surface area (TPSA) is 21.3 Å². The number of nitrogens with one attached hydrogen (secondary N) is 1. The fourth-order valence-corrected chi connectivity index (χ4v) is 2.39. The molecule has 2 rings (SSSR count). The van der Waals surface area contributed by atoms with Crippen molar-refractivity contribution in [3.63, 3.8) is 0 Å². The molecular formula is C16H18BrNO. The van der Waals surface area contributed by atoms with Gasteiger partial charge in [0.15, 0.2) is 0 Å². The lowest BCUT2D eigenvalue weighted by Gasteiger charge is -2.12. The van der Waals surface area contributed by atoms with Gasteiger partial charge in [-0.2, -0.15) is 0 Å².